The molecule has 2 aliphatic rings. The number of anilines is 2. The smallest absolute Gasteiger partial charge is 0.226 e. The second kappa shape index (κ2) is 7.41. The molecule has 0 amide bonds. The SMILES string of the molecule is Cn1cnnc1N1CCN(c2c(-c3ccc(F)nc3)ccc(C3CC3)c2C#N)CC1. The van der Waals surface area contributed by atoms with Crippen LogP contribution in [0.1, 0.15) is 29.9 Å². The Morgan fingerprint density at radius 2 is 1.83 bits per heavy atom. The molecule has 1 saturated heterocycles. The molecule has 0 unspecified atom stereocenters. The van der Waals surface area contributed by atoms with Gasteiger partial charge in [-0.1, -0.05) is 12.1 Å². The molecular weight excluding hydrogens is 381 g/mol. The van der Waals surface area contributed by atoms with E-state index < -0.39 is 5.95 Å². The molecule has 0 spiro atoms. The topological polar surface area (TPSA) is 73.9 Å². The van der Waals surface area contributed by atoms with Crippen molar-refractivity contribution in [1.82, 2.24) is 19.7 Å². The molecule has 0 bridgehead atoms. The monoisotopic (exact) mass is 403 g/mol. The summed E-state index contributed by atoms with van der Waals surface area (Å²) in [6, 6.07) is 9.70. The van der Waals surface area contributed by atoms with Crippen LogP contribution in [0.4, 0.5) is 16.0 Å². The van der Waals surface area contributed by atoms with E-state index in [1.807, 2.05) is 11.6 Å². The average Bonchev–Trinajstić information content (AvgIpc) is 3.53. The Labute approximate surface area is 174 Å². The summed E-state index contributed by atoms with van der Waals surface area (Å²) in [5.74, 6) is 0.816. The van der Waals surface area contributed by atoms with Gasteiger partial charge >= 0.3 is 0 Å². The Morgan fingerprint density at radius 3 is 2.43 bits per heavy atom. The lowest BCUT2D eigenvalue weighted by Crippen LogP contribution is -2.47. The Kier molecular flexibility index (Phi) is 4.58. The average molecular weight is 403 g/mol. The molecule has 3 aromatic rings. The summed E-state index contributed by atoms with van der Waals surface area (Å²) < 4.78 is 15.3. The number of hydrogen-bond donors (Lipinski definition) is 0. The Hall–Kier alpha value is -3.47. The van der Waals surface area contributed by atoms with Crippen molar-refractivity contribution in [3.63, 3.8) is 0 Å². The van der Waals surface area contributed by atoms with Crippen LogP contribution in [-0.2, 0) is 7.05 Å². The van der Waals surface area contributed by atoms with Gasteiger partial charge in [-0.25, -0.2) is 4.98 Å². The third kappa shape index (κ3) is 3.26. The first-order chi connectivity index (χ1) is 14.7. The maximum atomic E-state index is 13.4. The predicted octanol–water partition coefficient (Wildman–Crippen LogP) is 3.09. The highest BCUT2D eigenvalue weighted by atomic mass is 19.1. The molecular formula is C22H22FN7. The summed E-state index contributed by atoms with van der Waals surface area (Å²) in [6.45, 7) is 3.09. The van der Waals surface area contributed by atoms with Crippen LogP contribution in [0.3, 0.4) is 0 Å². The van der Waals surface area contributed by atoms with Crippen molar-refractivity contribution in [2.24, 2.45) is 7.05 Å². The number of piperazine rings is 1. The van der Waals surface area contributed by atoms with Gasteiger partial charge in [0.1, 0.15) is 12.4 Å². The number of halogens is 1. The van der Waals surface area contributed by atoms with Gasteiger partial charge in [-0.2, -0.15) is 9.65 Å². The first kappa shape index (κ1) is 18.6. The highest BCUT2D eigenvalue weighted by Crippen LogP contribution is 2.46. The van der Waals surface area contributed by atoms with E-state index in [2.05, 4.69) is 43.2 Å². The third-order valence-electron chi connectivity index (χ3n) is 5.94. The van der Waals surface area contributed by atoms with Crippen LogP contribution in [0.2, 0.25) is 0 Å². The second-order valence-electron chi connectivity index (χ2n) is 7.90. The summed E-state index contributed by atoms with van der Waals surface area (Å²) in [7, 11) is 1.94. The van der Waals surface area contributed by atoms with E-state index in [0.29, 0.717) is 5.92 Å². The first-order valence-electron chi connectivity index (χ1n) is 10.2. The summed E-state index contributed by atoms with van der Waals surface area (Å²) in [5, 5.41) is 18.3. The molecule has 5 rings (SSSR count). The number of aryl methyl sites for hydroxylation is 1. The van der Waals surface area contributed by atoms with Gasteiger partial charge in [0.05, 0.1) is 11.3 Å². The lowest BCUT2D eigenvalue weighted by atomic mass is 9.94. The van der Waals surface area contributed by atoms with Crippen molar-refractivity contribution in [3.05, 3.63) is 53.9 Å². The predicted molar refractivity (Wildman–Crippen MR) is 112 cm³/mol. The quantitative estimate of drug-likeness (QED) is 0.624. The van der Waals surface area contributed by atoms with E-state index in [1.54, 1.807) is 18.6 Å². The Morgan fingerprint density at radius 1 is 1.07 bits per heavy atom. The summed E-state index contributed by atoms with van der Waals surface area (Å²) in [5.41, 5.74) is 4.55. The Bertz CT molecular complexity index is 1100. The fraction of sp³-hybridized carbons (Fsp3) is 0.364. The van der Waals surface area contributed by atoms with Gasteiger partial charge in [0.2, 0.25) is 11.9 Å². The maximum absolute atomic E-state index is 13.4. The van der Waals surface area contributed by atoms with Crippen molar-refractivity contribution in [1.29, 1.82) is 5.26 Å². The van der Waals surface area contributed by atoms with E-state index in [9.17, 15) is 9.65 Å². The number of nitrogens with zero attached hydrogens (tertiary/aromatic N) is 7. The summed E-state index contributed by atoms with van der Waals surface area (Å²) in [6.07, 6.45) is 5.51. The minimum Gasteiger partial charge on any atom is -0.366 e. The highest BCUT2D eigenvalue weighted by molar-refractivity contribution is 5.84. The number of hydrogen-bond acceptors (Lipinski definition) is 6. The minimum absolute atomic E-state index is 0.471. The van der Waals surface area contributed by atoms with Crippen molar-refractivity contribution in [2.45, 2.75) is 18.8 Å². The van der Waals surface area contributed by atoms with Gasteiger partial charge in [-0.3, -0.25) is 0 Å². The largest absolute Gasteiger partial charge is 0.366 e. The molecule has 3 heterocycles. The minimum atomic E-state index is -0.507. The zero-order chi connectivity index (χ0) is 20.7. The first-order valence-corrected chi connectivity index (χ1v) is 10.2. The van der Waals surface area contributed by atoms with E-state index >= 15 is 0 Å². The lowest BCUT2D eigenvalue weighted by Gasteiger charge is -2.38. The van der Waals surface area contributed by atoms with Gasteiger partial charge < -0.3 is 14.4 Å². The van der Waals surface area contributed by atoms with Crippen LogP contribution in [-0.4, -0.2) is 45.9 Å². The molecule has 0 N–H and O–H groups in total. The van der Waals surface area contributed by atoms with E-state index in [4.69, 9.17) is 0 Å². The summed E-state index contributed by atoms with van der Waals surface area (Å²) >= 11 is 0. The van der Waals surface area contributed by atoms with Crippen molar-refractivity contribution < 1.29 is 4.39 Å². The molecule has 0 radical (unpaired) electrons. The zero-order valence-electron chi connectivity index (χ0n) is 16.8. The zero-order valence-corrected chi connectivity index (χ0v) is 16.8. The van der Waals surface area contributed by atoms with Crippen LogP contribution in [0.25, 0.3) is 11.1 Å². The van der Waals surface area contributed by atoms with Crippen molar-refractivity contribution in [3.8, 4) is 17.2 Å². The van der Waals surface area contributed by atoms with Gasteiger partial charge in [-0.05, 0) is 36.5 Å². The second-order valence-corrected chi connectivity index (χ2v) is 7.90. The molecule has 152 valence electrons. The van der Waals surface area contributed by atoms with Crippen LogP contribution in [0.5, 0.6) is 0 Å². The number of aromatic nitrogens is 4. The number of rotatable bonds is 4. The summed E-state index contributed by atoms with van der Waals surface area (Å²) in [4.78, 5) is 8.31. The highest BCUT2D eigenvalue weighted by Gasteiger charge is 2.31. The molecule has 1 aliphatic carbocycles. The molecule has 2 fully saturated rings. The lowest BCUT2D eigenvalue weighted by molar-refractivity contribution is 0.584. The van der Waals surface area contributed by atoms with Gasteiger partial charge in [0.25, 0.3) is 0 Å². The fourth-order valence-electron chi connectivity index (χ4n) is 4.25. The van der Waals surface area contributed by atoms with Gasteiger partial charge in [0, 0.05) is 50.6 Å². The molecule has 8 heteroatoms. The number of nitriles is 1. The molecule has 1 aromatic carbocycles. The van der Waals surface area contributed by atoms with Gasteiger partial charge in [0.15, 0.2) is 0 Å². The van der Waals surface area contributed by atoms with E-state index in [1.165, 1.54) is 6.07 Å². The van der Waals surface area contributed by atoms with Crippen LogP contribution in [0.15, 0.2) is 36.8 Å². The normalized spacial score (nSPS) is 16.6. The number of benzene rings is 1. The van der Waals surface area contributed by atoms with Gasteiger partial charge in [-0.15, -0.1) is 10.2 Å². The molecule has 7 nitrogen and oxygen atoms in total. The fourth-order valence-corrected chi connectivity index (χ4v) is 4.25. The maximum Gasteiger partial charge on any atom is 0.226 e. The standard InChI is InChI=1S/C22H22FN7/c1-28-14-26-27-22(28)30-10-8-29(9-11-30)21-18(16-4-7-20(23)25-13-16)6-5-17(15-2-3-15)19(21)12-24/h4-7,13-15H,2-3,8-11H2,1H3. The van der Waals surface area contributed by atoms with Crippen LogP contribution < -0.4 is 9.80 Å². The van der Waals surface area contributed by atoms with Crippen LogP contribution >= 0.6 is 0 Å². The molecule has 2 aromatic heterocycles. The third-order valence-corrected chi connectivity index (χ3v) is 5.94. The Balaban J connectivity index is 1.53. The van der Waals surface area contributed by atoms with Crippen molar-refractivity contribution >= 4 is 11.6 Å². The number of pyridine rings is 1. The molecule has 1 aliphatic heterocycles. The molecule has 30 heavy (non-hydrogen) atoms. The van der Waals surface area contributed by atoms with E-state index in [0.717, 1.165) is 72.9 Å². The molecule has 0 atom stereocenters. The van der Waals surface area contributed by atoms with E-state index in [-0.39, 0.29) is 0 Å². The molecule has 1 saturated carbocycles. The van der Waals surface area contributed by atoms with Crippen LogP contribution in [0, 0.1) is 17.3 Å². The van der Waals surface area contributed by atoms with Crippen molar-refractivity contribution in [2.75, 3.05) is 36.0 Å².